The lowest BCUT2D eigenvalue weighted by Gasteiger charge is -2.33. The highest BCUT2D eigenvalue weighted by Crippen LogP contribution is 2.17. The van der Waals surface area contributed by atoms with Crippen LogP contribution in [0.25, 0.3) is 0 Å². The Balaban J connectivity index is 1.86. The van der Waals surface area contributed by atoms with E-state index >= 15 is 0 Å². The van der Waals surface area contributed by atoms with E-state index in [0.717, 1.165) is 37.7 Å². The maximum absolute atomic E-state index is 8.63. The second-order valence-corrected chi connectivity index (χ2v) is 4.71. The van der Waals surface area contributed by atoms with Gasteiger partial charge in [0.15, 0.2) is 0 Å². The summed E-state index contributed by atoms with van der Waals surface area (Å²) in [6.07, 6.45) is 0. The summed E-state index contributed by atoms with van der Waals surface area (Å²) in [5, 5.41) is 9.47. The third-order valence-corrected chi connectivity index (χ3v) is 3.48. The monoisotopic (exact) mass is 249 g/mol. The quantitative estimate of drug-likeness (QED) is 0.768. The summed E-state index contributed by atoms with van der Waals surface area (Å²) in [5.74, 6) is 0. The molecular weight excluding hydrogens is 234 g/mol. The maximum atomic E-state index is 8.63. The number of nitriles is 1. The Morgan fingerprint density at radius 3 is 2.41 bits per heavy atom. The lowest BCUT2D eigenvalue weighted by molar-refractivity contribution is 0.138. The molecule has 0 aromatic heterocycles. The van der Waals surface area contributed by atoms with Crippen LogP contribution in [0.15, 0.2) is 24.3 Å². The van der Waals surface area contributed by atoms with Crippen molar-refractivity contribution in [2.45, 2.75) is 6.54 Å². The molecule has 1 aromatic carbocycles. The predicted molar refractivity (Wildman–Crippen MR) is 68.8 cm³/mol. The molecule has 0 N–H and O–H groups in total. The molecule has 0 bridgehead atoms. The molecule has 3 nitrogen and oxygen atoms in total. The van der Waals surface area contributed by atoms with Gasteiger partial charge < -0.3 is 0 Å². The minimum atomic E-state index is 0.542. The zero-order chi connectivity index (χ0) is 12.1. The first-order valence-corrected chi connectivity index (χ1v) is 6.22. The van der Waals surface area contributed by atoms with E-state index < -0.39 is 0 Å². The molecule has 0 saturated carbocycles. The van der Waals surface area contributed by atoms with Crippen molar-refractivity contribution in [1.82, 2.24) is 9.80 Å². The van der Waals surface area contributed by atoms with Gasteiger partial charge in [0.1, 0.15) is 0 Å². The largest absolute Gasteiger partial charge is 0.296 e. The van der Waals surface area contributed by atoms with E-state index in [4.69, 9.17) is 16.9 Å². The van der Waals surface area contributed by atoms with Gasteiger partial charge in [-0.05, 0) is 11.6 Å². The first kappa shape index (κ1) is 12.4. The fraction of sp³-hybridized carbons (Fsp3) is 0.462. The zero-order valence-corrected chi connectivity index (χ0v) is 10.5. The maximum Gasteiger partial charge on any atom is 0.0866 e. The molecule has 0 radical (unpaired) electrons. The summed E-state index contributed by atoms with van der Waals surface area (Å²) in [7, 11) is 0. The fourth-order valence-electron chi connectivity index (χ4n) is 2.07. The molecule has 1 aliphatic rings. The number of rotatable bonds is 3. The smallest absolute Gasteiger partial charge is 0.0866 e. The van der Waals surface area contributed by atoms with Crippen LogP contribution in [0.4, 0.5) is 0 Å². The summed E-state index contributed by atoms with van der Waals surface area (Å²) >= 11 is 6.14. The molecule has 1 aliphatic heterocycles. The summed E-state index contributed by atoms with van der Waals surface area (Å²) in [5.41, 5.74) is 1.18. The van der Waals surface area contributed by atoms with Gasteiger partial charge in [-0.25, -0.2) is 0 Å². The van der Waals surface area contributed by atoms with Crippen molar-refractivity contribution in [3.63, 3.8) is 0 Å². The Morgan fingerprint density at radius 2 is 1.76 bits per heavy atom. The van der Waals surface area contributed by atoms with E-state index in [0.29, 0.717) is 6.54 Å². The van der Waals surface area contributed by atoms with Crippen LogP contribution >= 0.6 is 11.6 Å². The van der Waals surface area contributed by atoms with E-state index in [-0.39, 0.29) is 0 Å². The van der Waals surface area contributed by atoms with Crippen LogP contribution in [0.1, 0.15) is 5.56 Å². The fourth-order valence-corrected chi connectivity index (χ4v) is 2.27. The molecule has 0 atom stereocenters. The number of piperazine rings is 1. The molecule has 0 spiro atoms. The average Bonchev–Trinajstić information content (AvgIpc) is 2.35. The SMILES string of the molecule is N#CCN1CCN(Cc2ccccc2Cl)CC1. The molecule has 1 fully saturated rings. The lowest BCUT2D eigenvalue weighted by atomic mass is 10.2. The van der Waals surface area contributed by atoms with Crippen molar-refractivity contribution in [3.8, 4) is 6.07 Å². The Hall–Kier alpha value is -1.08. The van der Waals surface area contributed by atoms with Crippen molar-refractivity contribution < 1.29 is 0 Å². The average molecular weight is 250 g/mol. The molecule has 2 rings (SSSR count). The van der Waals surface area contributed by atoms with Crippen molar-refractivity contribution in [3.05, 3.63) is 34.9 Å². The highest BCUT2D eigenvalue weighted by atomic mass is 35.5. The second kappa shape index (κ2) is 6.02. The van der Waals surface area contributed by atoms with Crippen LogP contribution in [0, 0.1) is 11.3 Å². The Kier molecular flexibility index (Phi) is 4.38. The molecule has 90 valence electrons. The number of halogens is 1. The number of hydrogen-bond donors (Lipinski definition) is 0. The first-order chi connectivity index (χ1) is 8.29. The molecule has 4 heteroatoms. The van der Waals surface area contributed by atoms with Crippen LogP contribution in [-0.4, -0.2) is 42.5 Å². The Labute approximate surface area is 107 Å². The van der Waals surface area contributed by atoms with Gasteiger partial charge in [0.25, 0.3) is 0 Å². The van der Waals surface area contributed by atoms with Gasteiger partial charge in [-0.3, -0.25) is 9.80 Å². The topological polar surface area (TPSA) is 30.3 Å². The number of hydrogen-bond acceptors (Lipinski definition) is 3. The summed E-state index contributed by atoms with van der Waals surface area (Å²) < 4.78 is 0. The van der Waals surface area contributed by atoms with Crippen molar-refractivity contribution >= 4 is 11.6 Å². The number of benzene rings is 1. The minimum Gasteiger partial charge on any atom is -0.296 e. The Morgan fingerprint density at radius 1 is 1.12 bits per heavy atom. The molecule has 1 saturated heterocycles. The van der Waals surface area contributed by atoms with Gasteiger partial charge in [-0.15, -0.1) is 0 Å². The van der Waals surface area contributed by atoms with Crippen molar-refractivity contribution in [1.29, 1.82) is 5.26 Å². The molecule has 0 amide bonds. The van der Waals surface area contributed by atoms with E-state index in [1.807, 2.05) is 18.2 Å². The van der Waals surface area contributed by atoms with Gasteiger partial charge in [-0.2, -0.15) is 5.26 Å². The van der Waals surface area contributed by atoms with Crippen LogP contribution in [0.2, 0.25) is 5.02 Å². The summed E-state index contributed by atoms with van der Waals surface area (Å²) in [6, 6.07) is 10.2. The summed E-state index contributed by atoms with van der Waals surface area (Å²) in [4.78, 5) is 4.57. The highest BCUT2D eigenvalue weighted by Gasteiger charge is 2.16. The molecule has 17 heavy (non-hydrogen) atoms. The van der Waals surface area contributed by atoms with Crippen LogP contribution in [-0.2, 0) is 6.54 Å². The third kappa shape index (κ3) is 3.44. The van der Waals surface area contributed by atoms with Gasteiger partial charge in [-0.1, -0.05) is 29.8 Å². The van der Waals surface area contributed by atoms with Crippen molar-refractivity contribution in [2.24, 2.45) is 0 Å². The van der Waals surface area contributed by atoms with Crippen LogP contribution < -0.4 is 0 Å². The third-order valence-electron chi connectivity index (χ3n) is 3.11. The van der Waals surface area contributed by atoms with Crippen LogP contribution in [0.3, 0.4) is 0 Å². The second-order valence-electron chi connectivity index (χ2n) is 4.30. The lowest BCUT2D eigenvalue weighted by Crippen LogP contribution is -2.45. The molecule has 1 aromatic rings. The predicted octanol–water partition coefficient (Wildman–Crippen LogP) is 1.98. The van der Waals surface area contributed by atoms with Gasteiger partial charge >= 0.3 is 0 Å². The minimum absolute atomic E-state index is 0.542. The van der Waals surface area contributed by atoms with E-state index in [9.17, 15) is 0 Å². The van der Waals surface area contributed by atoms with Gasteiger partial charge in [0.2, 0.25) is 0 Å². The van der Waals surface area contributed by atoms with Crippen LogP contribution in [0.5, 0.6) is 0 Å². The standard InChI is InChI=1S/C13H16ClN3/c14-13-4-2-1-3-12(13)11-17-9-7-16(6-5-15)8-10-17/h1-4H,6-11H2. The highest BCUT2D eigenvalue weighted by molar-refractivity contribution is 6.31. The molecule has 0 aliphatic carbocycles. The van der Waals surface area contributed by atoms with E-state index in [2.05, 4.69) is 21.9 Å². The van der Waals surface area contributed by atoms with Gasteiger partial charge in [0, 0.05) is 37.7 Å². The Bertz CT molecular complexity index is 405. The summed E-state index contributed by atoms with van der Waals surface area (Å²) in [6.45, 7) is 5.40. The molecule has 1 heterocycles. The number of nitrogens with zero attached hydrogens (tertiary/aromatic N) is 3. The van der Waals surface area contributed by atoms with Gasteiger partial charge in [0.05, 0.1) is 12.6 Å². The van der Waals surface area contributed by atoms with E-state index in [1.165, 1.54) is 5.56 Å². The normalized spacial score (nSPS) is 17.9. The first-order valence-electron chi connectivity index (χ1n) is 5.84. The van der Waals surface area contributed by atoms with Crippen molar-refractivity contribution in [2.75, 3.05) is 32.7 Å². The molecular formula is C13H16ClN3. The molecule has 0 unspecified atom stereocenters. The zero-order valence-electron chi connectivity index (χ0n) is 9.77. The van der Waals surface area contributed by atoms with E-state index in [1.54, 1.807) is 0 Å².